The van der Waals surface area contributed by atoms with E-state index in [1.54, 1.807) is 5.32 Å². The van der Waals surface area contributed by atoms with Crippen molar-refractivity contribution in [2.75, 3.05) is 13.2 Å². The number of halogens is 4. The second-order valence-corrected chi connectivity index (χ2v) is 5.82. The molecule has 6 nitrogen and oxygen atoms in total. The Balaban J connectivity index is 1.70. The summed E-state index contributed by atoms with van der Waals surface area (Å²) < 4.78 is 55.3. The zero-order valence-corrected chi connectivity index (χ0v) is 13.0. The molecule has 2 amide bonds. The molecule has 24 heavy (non-hydrogen) atoms. The van der Waals surface area contributed by atoms with Crippen molar-refractivity contribution in [3.8, 4) is 11.5 Å². The predicted molar refractivity (Wildman–Crippen MR) is 77.0 cm³/mol. The van der Waals surface area contributed by atoms with E-state index in [9.17, 15) is 18.0 Å². The van der Waals surface area contributed by atoms with Gasteiger partial charge in [-0.15, -0.1) is 0 Å². The highest BCUT2D eigenvalue weighted by Gasteiger charge is 2.65. The molecule has 0 aromatic heterocycles. The summed E-state index contributed by atoms with van der Waals surface area (Å²) >= 11 is 5.73. The number of carbonyl (C=O) groups excluding carboxylic acids is 1. The van der Waals surface area contributed by atoms with E-state index in [-0.39, 0.29) is 29.2 Å². The van der Waals surface area contributed by atoms with E-state index >= 15 is 0 Å². The van der Waals surface area contributed by atoms with Gasteiger partial charge in [0.1, 0.15) is 0 Å². The fraction of sp³-hybridized carbons (Fsp3) is 0.500. The van der Waals surface area contributed by atoms with Gasteiger partial charge in [0.2, 0.25) is 0 Å². The molecule has 0 radical (unpaired) electrons. The van der Waals surface area contributed by atoms with Gasteiger partial charge in [0.25, 0.3) is 0 Å². The molecule has 2 heterocycles. The Morgan fingerprint density at radius 1 is 1.33 bits per heavy atom. The summed E-state index contributed by atoms with van der Waals surface area (Å²) in [4.78, 5) is 11.9. The molecule has 0 spiro atoms. The first-order valence-electron chi connectivity index (χ1n) is 7.21. The third kappa shape index (κ3) is 3.32. The third-order valence-electron chi connectivity index (χ3n) is 3.58. The van der Waals surface area contributed by atoms with Crippen LogP contribution in [0.15, 0.2) is 18.2 Å². The molecule has 1 aromatic rings. The van der Waals surface area contributed by atoms with Crippen molar-refractivity contribution in [3.05, 3.63) is 23.2 Å². The van der Waals surface area contributed by atoms with E-state index in [0.717, 1.165) is 12.8 Å². The van der Waals surface area contributed by atoms with Gasteiger partial charge in [-0.25, -0.2) is 4.79 Å². The number of ether oxygens (including phenoxy) is 3. The number of hydrogen-bond donors (Lipinski definition) is 2. The number of hydrogen-bond acceptors (Lipinski definition) is 4. The van der Waals surface area contributed by atoms with Gasteiger partial charge in [0.15, 0.2) is 11.5 Å². The summed E-state index contributed by atoms with van der Waals surface area (Å²) in [5.41, 5.74) is 0. The van der Waals surface area contributed by atoms with Crippen molar-refractivity contribution >= 4 is 17.6 Å². The topological polar surface area (TPSA) is 68.8 Å². The number of urea groups is 1. The number of fused-ring (bicyclic) bond motifs is 1. The lowest BCUT2D eigenvalue weighted by atomic mass is 10.2. The molecule has 0 aliphatic carbocycles. The fourth-order valence-electron chi connectivity index (χ4n) is 2.42. The molecule has 0 saturated carbocycles. The summed E-state index contributed by atoms with van der Waals surface area (Å²) in [6.45, 7) is 0.668. The van der Waals surface area contributed by atoms with E-state index in [1.165, 1.54) is 18.2 Å². The van der Waals surface area contributed by atoms with Crippen LogP contribution >= 0.6 is 11.6 Å². The van der Waals surface area contributed by atoms with E-state index < -0.39 is 18.1 Å². The number of rotatable bonds is 3. The first-order valence-corrected chi connectivity index (χ1v) is 7.59. The molecular weight excluding hydrogens is 353 g/mol. The predicted octanol–water partition coefficient (Wildman–Crippen LogP) is 2.81. The van der Waals surface area contributed by atoms with Crippen molar-refractivity contribution < 1.29 is 32.2 Å². The first kappa shape index (κ1) is 17.0. The summed E-state index contributed by atoms with van der Waals surface area (Å²) in [6, 6.07) is 2.68. The fourth-order valence-corrected chi connectivity index (χ4v) is 2.58. The van der Waals surface area contributed by atoms with Gasteiger partial charge < -0.3 is 19.5 Å². The quantitative estimate of drug-likeness (QED) is 0.863. The Kier molecular flexibility index (Phi) is 4.39. The number of benzene rings is 1. The largest absolute Gasteiger partial charge is 0.492 e. The van der Waals surface area contributed by atoms with Crippen LogP contribution in [0.1, 0.15) is 12.8 Å². The summed E-state index contributed by atoms with van der Waals surface area (Å²) in [6.07, 6.45) is -3.64. The minimum absolute atomic E-state index is 0.0958. The van der Waals surface area contributed by atoms with Gasteiger partial charge in [0, 0.05) is 24.2 Å². The lowest BCUT2D eigenvalue weighted by Gasteiger charge is -2.29. The molecule has 2 atom stereocenters. The molecule has 2 aliphatic rings. The average Bonchev–Trinajstić information content (AvgIpc) is 3.11. The molecule has 10 heteroatoms. The molecule has 3 rings (SSSR count). The van der Waals surface area contributed by atoms with Crippen LogP contribution < -0.4 is 20.1 Å². The lowest BCUT2D eigenvalue weighted by Crippen LogP contribution is -2.66. The highest BCUT2D eigenvalue weighted by molar-refractivity contribution is 6.30. The van der Waals surface area contributed by atoms with Gasteiger partial charge >= 0.3 is 18.1 Å². The highest BCUT2D eigenvalue weighted by Crippen LogP contribution is 2.46. The number of amides is 2. The number of carbonyl (C=O) groups is 1. The van der Waals surface area contributed by atoms with E-state index in [0.29, 0.717) is 6.61 Å². The van der Waals surface area contributed by atoms with E-state index in [2.05, 4.69) is 5.32 Å². The standard InChI is InChI=1S/C14H14ClF3N2O4/c15-8-3-4-10-11(6-8)24-14(23-10,13(16,17)18)20-12(21)19-7-9-2-1-5-22-9/h3-4,6,9H,1-2,5,7H2,(H2,19,20,21)/t9-,14+/m1/s1. The molecule has 0 unspecified atom stereocenters. The SMILES string of the molecule is O=C(NC[C@H]1CCCO1)N[C@@]1(C(F)(F)F)Oc2ccc(Cl)cc2O1. The molecule has 1 aromatic carbocycles. The maximum atomic E-state index is 13.4. The maximum absolute atomic E-state index is 13.4. The van der Waals surface area contributed by atoms with Crippen LogP contribution in [0.25, 0.3) is 0 Å². The van der Waals surface area contributed by atoms with Crippen molar-refractivity contribution in [1.29, 1.82) is 0 Å². The van der Waals surface area contributed by atoms with E-state index in [1.807, 2.05) is 0 Å². The first-order chi connectivity index (χ1) is 11.3. The van der Waals surface area contributed by atoms with Crippen LogP contribution in [0, 0.1) is 0 Å². The Morgan fingerprint density at radius 2 is 2.08 bits per heavy atom. The molecule has 2 N–H and O–H groups in total. The molecule has 0 bridgehead atoms. The monoisotopic (exact) mass is 366 g/mol. The van der Waals surface area contributed by atoms with Crippen LogP contribution in [-0.4, -0.2) is 37.4 Å². The van der Waals surface area contributed by atoms with Gasteiger partial charge in [0.05, 0.1) is 6.10 Å². The molecule has 1 saturated heterocycles. The average molecular weight is 367 g/mol. The summed E-state index contributed by atoms with van der Waals surface area (Å²) in [5.74, 6) is -3.68. The molecule has 1 fully saturated rings. The Bertz CT molecular complexity index is 637. The van der Waals surface area contributed by atoms with Crippen molar-refractivity contribution in [3.63, 3.8) is 0 Å². The van der Waals surface area contributed by atoms with Gasteiger partial charge in [-0.1, -0.05) is 11.6 Å². The highest BCUT2D eigenvalue weighted by atomic mass is 35.5. The number of alkyl halides is 3. The minimum Gasteiger partial charge on any atom is -0.424 e. The maximum Gasteiger partial charge on any atom is 0.492 e. The molecular formula is C14H14ClF3N2O4. The second-order valence-electron chi connectivity index (χ2n) is 5.38. The Morgan fingerprint density at radius 3 is 2.75 bits per heavy atom. The van der Waals surface area contributed by atoms with Crippen LogP contribution in [0.2, 0.25) is 5.02 Å². The third-order valence-corrected chi connectivity index (χ3v) is 3.81. The van der Waals surface area contributed by atoms with Crippen molar-refractivity contribution in [1.82, 2.24) is 10.6 Å². The molecule has 2 aliphatic heterocycles. The zero-order valence-electron chi connectivity index (χ0n) is 12.3. The second kappa shape index (κ2) is 6.21. The van der Waals surface area contributed by atoms with Crippen molar-refractivity contribution in [2.45, 2.75) is 31.0 Å². The van der Waals surface area contributed by atoms with Crippen molar-refractivity contribution in [2.24, 2.45) is 0 Å². The van der Waals surface area contributed by atoms with E-state index in [4.69, 9.17) is 25.8 Å². The minimum atomic E-state index is -5.01. The smallest absolute Gasteiger partial charge is 0.424 e. The lowest BCUT2D eigenvalue weighted by molar-refractivity contribution is -0.317. The normalized spacial score (nSPS) is 25.6. The zero-order chi connectivity index (χ0) is 17.4. The summed E-state index contributed by atoms with van der Waals surface area (Å²) in [7, 11) is 0. The van der Waals surface area contributed by atoms with Crippen LogP contribution in [-0.2, 0) is 4.74 Å². The van der Waals surface area contributed by atoms with Gasteiger partial charge in [-0.2, -0.15) is 13.2 Å². The van der Waals surface area contributed by atoms with Gasteiger partial charge in [-0.05, 0) is 25.0 Å². The van der Waals surface area contributed by atoms with Crippen LogP contribution in [0.5, 0.6) is 11.5 Å². The van der Waals surface area contributed by atoms with Crippen LogP contribution in [0.4, 0.5) is 18.0 Å². The number of nitrogens with one attached hydrogen (secondary N) is 2. The summed E-state index contributed by atoms with van der Waals surface area (Å²) in [5, 5.41) is 4.21. The molecule has 132 valence electrons. The Labute approximate surface area is 140 Å². The Hall–Kier alpha value is -1.87. The van der Waals surface area contributed by atoms with Crippen LogP contribution in [0.3, 0.4) is 0 Å². The van der Waals surface area contributed by atoms with Gasteiger partial charge in [-0.3, -0.25) is 5.32 Å².